The van der Waals surface area contributed by atoms with Crippen LogP contribution in [0, 0.1) is 11.7 Å². The molecule has 2 aromatic heterocycles. The highest BCUT2D eigenvalue weighted by atomic mass is 32.2. The lowest BCUT2D eigenvalue weighted by atomic mass is 10.1. The summed E-state index contributed by atoms with van der Waals surface area (Å²) < 4.78 is 127. The fraction of sp³-hybridized carbons (Fsp3) is 0.429. The second-order valence-corrected chi connectivity index (χ2v) is 13.5. The first-order valence-corrected chi connectivity index (χ1v) is 15.0. The lowest BCUT2D eigenvalue weighted by Gasteiger charge is -2.29. The molecule has 2 atom stereocenters. The Bertz CT molecular complexity index is 1660. The zero-order chi connectivity index (χ0) is 33.5. The molecule has 1 aliphatic carbocycles. The molecule has 2 amide bonds. The number of halogens is 7. The van der Waals surface area contributed by atoms with Crippen LogP contribution in [0.25, 0.3) is 5.69 Å². The van der Waals surface area contributed by atoms with Crippen LogP contribution in [0.3, 0.4) is 0 Å². The first-order valence-electron chi connectivity index (χ1n) is 13.4. The first kappa shape index (κ1) is 33.9. The van der Waals surface area contributed by atoms with E-state index in [9.17, 15) is 48.7 Å². The van der Waals surface area contributed by atoms with Crippen LogP contribution in [0.2, 0.25) is 0 Å². The number of aromatic nitrogens is 3. The van der Waals surface area contributed by atoms with Gasteiger partial charge in [0.05, 0.1) is 34.5 Å². The average molecular weight is 665 g/mol. The zero-order valence-corrected chi connectivity index (χ0v) is 24.8. The minimum absolute atomic E-state index is 0.00900. The van der Waals surface area contributed by atoms with Gasteiger partial charge in [-0.15, -0.1) is 0 Å². The first-order chi connectivity index (χ1) is 20.7. The standard InChI is InChI=1S/C28H27F7N4O5S/c1-26(2,3)44-25(41)38(24(40)20-5-4-6-21(20)45(42,43)19-10-7-17(29)8-11-19)14-16-15-39(37-23(16)28(33,34)35)18-9-12-22(36-13-18)27(30,31)32/h7-13,15,20-21H,4-6,14H2,1-3H3. The van der Waals surface area contributed by atoms with Gasteiger partial charge in [-0.3, -0.25) is 4.79 Å². The molecular formula is C28H27F7N4O5S. The number of alkyl halides is 6. The van der Waals surface area contributed by atoms with E-state index < -0.39 is 80.3 Å². The van der Waals surface area contributed by atoms with Crippen molar-refractivity contribution in [3.05, 3.63) is 71.6 Å². The number of carbonyl (C=O) groups is 2. The number of amides is 2. The van der Waals surface area contributed by atoms with E-state index >= 15 is 0 Å². The van der Waals surface area contributed by atoms with E-state index in [0.29, 0.717) is 21.8 Å². The molecule has 0 N–H and O–H groups in total. The Kier molecular flexibility index (Phi) is 9.07. The lowest BCUT2D eigenvalue weighted by molar-refractivity contribution is -0.143. The van der Waals surface area contributed by atoms with Crippen LogP contribution in [0.5, 0.6) is 0 Å². The van der Waals surface area contributed by atoms with Crippen molar-refractivity contribution in [3.63, 3.8) is 0 Å². The van der Waals surface area contributed by atoms with Crippen LogP contribution < -0.4 is 0 Å². The molecule has 0 spiro atoms. The van der Waals surface area contributed by atoms with Crippen molar-refractivity contribution in [3.8, 4) is 5.69 Å². The fourth-order valence-electron chi connectivity index (χ4n) is 4.88. The summed E-state index contributed by atoms with van der Waals surface area (Å²) in [6.07, 6.45) is -9.66. The molecule has 1 fully saturated rings. The molecule has 0 radical (unpaired) electrons. The molecule has 9 nitrogen and oxygen atoms in total. The Balaban J connectivity index is 1.73. The van der Waals surface area contributed by atoms with Crippen molar-refractivity contribution in [1.29, 1.82) is 0 Å². The summed E-state index contributed by atoms with van der Waals surface area (Å²) in [7, 11) is -4.24. The molecule has 3 aromatic rings. The van der Waals surface area contributed by atoms with Crippen LogP contribution in [0.1, 0.15) is 57.0 Å². The molecule has 2 heterocycles. The predicted molar refractivity (Wildman–Crippen MR) is 143 cm³/mol. The van der Waals surface area contributed by atoms with Gasteiger partial charge in [-0.05, 0) is 70.0 Å². The van der Waals surface area contributed by atoms with Crippen molar-refractivity contribution in [2.24, 2.45) is 5.92 Å². The maximum absolute atomic E-state index is 14.1. The van der Waals surface area contributed by atoms with Gasteiger partial charge >= 0.3 is 18.4 Å². The number of sulfone groups is 1. The van der Waals surface area contributed by atoms with E-state index in [1.54, 1.807) is 0 Å². The van der Waals surface area contributed by atoms with E-state index in [1.807, 2.05) is 0 Å². The van der Waals surface area contributed by atoms with Gasteiger partial charge in [0.25, 0.3) is 0 Å². The number of carbonyl (C=O) groups excluding carboxylic acids is 2. The molecule has 0 bridgehead atoms. The molecule has 244 valence electrons. The SMILES string of the molecule is CC(C)(C)OC(=O)N(Cc1cn(-c2ccc(C(F)(F)F)nc2)nc1C(F)(F)F)C(=O)C1CCCC1S(=O)(=O)c1ccc(F)cc1. The summed E-state index contributed by atoms with van der Waals surface area (Å²) in [5.74, 6) is -3.18. The second kappa shape index (κ2) is 12.1. The number of nitrogens with zero attached hydrogens (tertiary/aromatic N) is 4. The molecular weight excluding hydrogens is 637 g/mol. The molecule has 2 unspecified atom stereocenters. The minimum Gasteiger partial charge on any atom is -0.443 e. The molecule has 17 heteroatoms. The van der Waals surface area contributed by atoms with Crippen molar-refractivity contribution in [2.45, 2.75) is 74.7 Å². The largest absolute Gasteiger partial charge is 0.443 e. The van der Waals surface area contributed by atoms with Crippen LogP contribution >= 0.6 is 0 Å². The van der Waals surface area contributed by atoms with Crippen molar-refractivity contribution < 1.29 is 53.5 Å². The topological polar surface area (TPSA) is 111 Å². The molecule has 4 rings (SSSR count). The monoisotopic (exact) mass is 664 g/mol. The molecule has 1 aromatic carbocycles. The normalized spacial score (nSPS) is 17.7. The van der Waals surface area contributed by atoms with Gasteiger partial charge in [-0.25, -0.2) is 32.2 Å². The smallest absolute Gasteiger partial charge is 0.435 e. The third kappa shape index (κ3) is 7.62. The molecule has 0 saturated heterocycles. The number of benzene rings is 1. The number of hydrogen-bond acceptors (Lipinski definition) is 7. The summed E-state index contributed by atoms with van der Waals surface area (Å²) in [6, 6.07) is 5.28. The third-order valence-electron chi connectivity index (χ3n) is 6.88. The van der Waals surface area contributed by atoms with E-state index in [4.69, 9.17) is 4.74 Å². The summed E-state index contributed by atoms with van der Waals surface area (Å²) in [6.45, 7) is 3.28. The van der Waals surface area contributed by atoms with Gasteiger partial charge in [0.2, 0.25) is 5.91 Å². The Morgan fingerprint density at radius 1 is 0.978 bits per heavy atom. The Hall–Kier alpha value is -4.02. The van der Waals surface area contributed by atoms with E-state index in [1.165, 1.54) is 20.8 Å². The quantitative estimate of drug-likeness (QED) is 0.223. The van der Waals surface area contributed by atoms with Crippen LogP contribution in [-0.2, 0) is 38.3 Å². The fourth-order valence-corrected chi connectivity index (χ4v) is 6.91. The van der Waals surface area contributed by atoms with E-state index in [0.717, 1.165) is 36.5 Å². The summed E-state index contributed by atoms with van der Waals surface area (Å²) in [4.78, 5) is 30.4. The van der Waals surface area contributed by atoms with Gasteiger partial charge in [0.15, 0.2) is 15.5 Å². The number of ether oxygens (including phenoxy) is 1. The Morgan fingerprint density at radius 3 is 2.16 bits per heavy atom. The maximum atomic E-state index is 14.1. The number of imide groups is 1. The Labute approximate surface area is 252 Å². The van der Waals surface area contributed by atoms with Gasteiger partial charge in [-0.1, -0.05) is 6.42 Å². The third-order valence-corrected chi connectivity index (χ3v) is 9.17. The predicted octanol–water partition coefficient (Wildman–Crippen LogP) is 6.35. The van der Waals surface area contributed by atoms with Crippen LogP contribution in [0.15, 0.2) is 53.7 Å². The van der Waals surface area contributed by atoms with Gasteiger partial charge < -0.3 is 4.74 Å². The second-order valence-electron chi connectivity index (χ2n) is 11.3. The van der Waals surface area contributed by atoms with Crippen molar-refractivity contribution in [2.75, 3.05) is 0 Å². The summed E-state index contributed by atoms with van der Waals surface area (Å²) >= 11 is 0. The lowest BCUT2D eigenvalue weighted by Crippen LogP contribution is -2.46. The van der Waals surface area contributed by atoms with Gasteiger partial charge in [0.1, 0.15) is 17.1 Å². The summed E-state index contributed by atoms with van der Waals surface area (Å²) in [5, 5.41) is 2.07. The highest BCUT2D eigenvalue weighted by Gasteiger charge is 2.46. The Morgan fingerprint density at radius 2 is 1.62 bits per heavy atom. The molecule has 1 saturated carbocycles. The number of rotatable bonds is 6. The highest BCUT2D eigenvalue weighted by Crippen LogP contribution is 2.38. The molecule has 1 aliphatic rings. The number of hydrogen-bond donors (Lipinski definition) is 0. The van der Waals surface area contributed by atoms with E-state index in [-0.39, 0.29) is 29.8 Å². The van der Waals surface area contributed by atoms with Crippen LogP contribution in [-0.4, -0.2) is 50.9 Å². The van der Waals surface area contributed by atoms with E-state index in [2.05, 4.69) is 10.1 Å². The van der Waals surface area contributed by atoms with Gasteiger partial charge in [0, 0.05) is 11.8 Å². The molecule has 0 aliphatic heterocycles. The highest BCUT2D eigenvalue weighted by molar-refractivity contribution is 7.92. The summed E-state index contributed by atoms with van der Waals surface area (Å²) in [5.41, 5.74) is -5.06. The molecule has 45 heavy (non-hydrogen) atoms. The van der Waals surface area contributed by atoms with Crippen LogP contribution in [0.4, 0.5) is 35.5 Å². The maximum Gasteiger partial charge on any atom is 0.435 e. The minimum atomic E-state index is -5.13. The number of pyridine rings is 1. The average Bonchev–Trinajstić information content (AvgIpc) is 3.58. The van der Waals surface area contributed by atoms with Crippen molar-refractivity contribution in [1.82, 2.24) is 19.7 Å². The van der Waals surface area contributed by atoms with Crippen molar-refractivity contribution >= 4 is 21.8 Å². The van der Waals surface area contributed by atoms with Gasteiger partial charge in [-0.2, -0.15) is 31.4 Å². The zero-order valence-electron chi connectivity index (χ0n) is 24.0.